The van der Waals surface area contributed by atoms with Crippen molar-refractivity contribution in [1.82, 2.24) is 9.62 Å². The number of carbonyl (C=O) groups excluding carboxylic acids is 1. The van der Waals surface area contributed by atoms with Crippen molar-refractivity contribution in [2.75, 3.05) is 6.54 Å². The van der Waals surface area contributed by atoms with Crippen molar-refractivity contribution in [1.29, 1.82) is 0 Å². The standard InChI is InChI=1S/C25H23BrCl2N2O3S/c26-19-9-11-20(12-10-19)34(32,33)30(15-17-8-13-22(27)23(28)14-17)16-25(31)29-24-7-3-5-18-4-1-2-6-21(18)24/h1-2,4,6,8-14,24H,3,5,7,15-16H2,(H,29,31)/t24-/m1/s1. The van der Waals surface area contributed by atoms with Crippen LogP contribution in [0.25, 0.3) is 0 Å². The first kappa shape index (κ1) is 25.2. The molecule has 0 saturated carbocycles. The fraction of sp³-hybridized carbons (Fsp3) is 0.240. The molecule has 0 aliphatic heterocycles. The number of hydrogen-bond donors (Lipinski definition) is 1. The molecule has 1 atom stereocenters. The number of benzene rings is 3. The van der Waals surface area contributed by atoms with Gasteiger partial charge in [-0.1, -0.05) is 69.5 Å². The Morgan fingerprint density at radius 2 is 1.76 bits per heavy atom. The van der Waals surface area contributed by atoms with E-state index >= 15 is 0 Å². The number of sulfonamides is 1. The molecular formula is C25H23BrCl2N2O3S. The molecule has 0 radical (unpaired) electrons. The van der Waals surface area contributed by atoms with Crippen LogP contribution in [-0.2, 0) is 27.8 Å². The van der Waals surface area contributed by atoms with Crippen molar-refractivity contribution in [2.45, 2.75) is 36.7 Å². The van der Waals surface area contributed by atoms with Crippen LogP contribution in [-0.4, -0.2) is 25.2 Å². The summed E-state index contributed by atoms with van der Waals surface area (Å²) in [5.74, 6) is -0.359. The van der Waals surface area contributed by atoms with Gasteiger partial charge in [0.05, 0.1) is 27.5 Å². The Labute approximate surface area is 218 Å². The van der Waals surface area contributed by atoms with Crippen LogP contribution in [0.1, 0.15) is 35.6 Å². The number of carbonyl (C=O) groups is 1. The molecule has 0 heterocycles. The predicted molar refractivity (Wildman–Crippen MR) is 138 cm³/mol. The van der Waals surface area contributed by atoms with Crippen LogP contribution in [0.15, 0.2) is 76.1 Å². The van der Waals surface area contributed by atoms with Crippen molar-refractivity contribution in [3.05, 3.63) is 97.9 Å². The van der Waals surface area contributed by atoms with E-state index in [-0.39, 0.29) is 29.9 Å². The molecule has 4 rings (SSSR count). The molecule has 0 aromatic heterocycles. The Kier molecular flexibility index (Phi) is 8.00. The quantitative estimate of drug-likeness (QED) is 0.364. The fourth-order valence-electron chi connectivity index (χ4n) is 4.13. The van der Waals surface area contributed by atoms with Crippen LogP contribution >= 0.6 is 39.1 Å². The van der Waals surface area contributed by atoms with E-state index in [1.807, 2.05) is 18.2 Å². The SMILES string of the molecule is O=C(CN(Cc1ccc(Cl)c(Cl)c1)S(=O)(=O)c1ccc(Br)cc1)N[C@@H]1CCCc2ccccc21. The third-order valence-electron chi connectivity index (χ3n) is 5.82. The zero-order chi connectivity index (χ0) is 24.3. The second-order valence-electron chi connectivity index (χ2n) is 8.19. The van der Waals surface area contributed by atoms with Crippen molar-refractivity contribution >= 4 is 55.1 Å². The second kappa shape index (κ2) is 10.8. The van der Waals surface area contributed by atoms with Gasteiger partial charge in [-0.15, -0.1) is 0 Å². The van der Waals surface area contributed by atoms with Gasteiger partial charge in [0.25, 0.3) is 0 Å². The summed E-state index contributed by atoms with van der Waals surface area (Å²) in [6, 6.07) is 19.2. The van der Waals surface area contributed by atoms with E-state index in [1.54, 1.807) is 30.3 Å². The largest absolute Gasteiger partial charge is 0.348 e. The number of nitrogens with one attached hydrogen (secondary N) is 1. The Balaban J connectivity index is 1.59. The second-order valence-corrected chi connectivity index (χ2v) is 11.9. The van der Waals surface area contributed by atoms with E-state index < -0.39 is 10.0 Å². The highest BCUT2D eigenvalue weighted by molar-refractivity contribution is 9.10. The molecule has 3 aromatic rings. The van der Waals surface area contributed by atoms with Gasteiger partial charge in [0.2, 0.25) is 15.9 Å². The predicted octanol–water partition coefficient (Wildman–Crippen LogP) is 6.14. The van der Waals surface area contributed by atoms with Gasteiger partial charge >= 0.3 is 0 Å². The fourth-order valence-corrected chi connectivity index (χ4v) is 6.10. The summed E-state index contributed by atoms with van der Waals surface area (Å²) in [6.07, 6.45) is 2.76. The molecule has 3 aromatic carbocycles. The molecular weight excluding hydrogens is 559 g/mol. The lowest BCUT2D eigenvalue weighted by Gasteiger charge is -2.28. The molecule has 9 heteroatoms. The molecule has 178 valence electrons. The highest BCUT2D eigenvalue weighted by atomic mass is 79.9. The molecule has 1 aliphatic carbocycles. The summed E-state index contributed by atoms with van der Waals surface area (Å²) in [4.78, 5) is 13.2. The molecule has 1 amide bonds. The van der Waals surface area contributed by atoms with Crippen molar-refractivity contribution in [2.24, 2.45) is 0 Å². The Bertz CT molecular complexity index is 1300. The molecule has 0 fully saturated rings. The van der Waals surface area contributed by atoms with Gasteiger partial charge in [-0.25, -0.2) is 8.42 Å². The molecule has 5 nitrogen and oxygen atoms in total. The Hall–Kier alpha value is -1.90. The molecule has 34 heavy (non-hydrogen) atoms. The number of aryl methyl sites for hydroxylation is 1. The van der Waals surface area contributed by atoms with Gasteiger partial charge in [0, 0.05) is 11.0 Å². The summed E-state index contributed by atoms with van der Waals surface area (Å²) in [5, 5.41) is 3.74. The lowest BCUT2D eigenvalue weighted by molar-refractivity contribution is -0.122. The molecule has 0 spiro atoms. The lowest BCUT2D eigenvalue weighted by Crippen LogP contribution is -2.42. The monoisotopic (exact) mass is 580 g/mol. The molecule has 0 saturated heterocycles. The minimum Gasteiger partial charge on any atom is -0.348 e. The van der Waals surface area contributed by atoms with Gasteiger partial charge < -0.3 is 5.32 Å². The summed E-state index contributed by atoms with van der Waals surface area (Å²) >= 11 is 15.5. The first-order valence-corrected chi connectivity index (χ1v) is 13.8. The van der Waals surface area contributed by atoms with E-state index in [4.69, 9.17) is 23.2 Å². The van der Waals surface area contributed by atoms with Crippen molar-refractivity contribution in [3.63, 3.8) is 0 Å². The highest BCUT2D eigenvalue weighted by Crippen LogP contribution is 2.30. The zero-order valence-electron chi connectivity index (χ0n) is 18.2. The van der Waals surface area contributed by atoms with Gasteiger partial charge in [0.15, 0.2) is 0 Å². The van der Waals surface area contributed by atoms with Crippen molar-refractivity contribution in [3.8, 4) is 0 Å². The molecule has 1 N–H and O–H groups in total. The summed E-state index contributed by atoms with van der Waals surface area (Å²) < 4.78 is 28.9. The number of amides is 1. The third kappa shape index (κ3) is 5.83. The van der Waals surface area contributed by atoms with Gasteiger partial charge in [0.1, 0.15) is 0 Å². The third-order valence-corrected chi connectivity index (χ3v) is 8.89. The molecule has 0 bridgehead atoms. The normalized spacial score (nSPS) is 15.7. The summed E-state index contributed by atoms with van der Waals surface area (Å²) in [6.45, 7) is -0.346. The van der Waals surface area contributed by atoms with Crippen molar-refractivity contribution < 1.29 is 13.2 Å². The van der Waals surface area contributed by atoms with E-state index in [2.05, 4.69) is 27.3 Å². The first-order chi connectivity index (χ1) is 16.2. The number of rotatable bonds is 7. The summed E-state index contributed by atoms with van der Waals surface area (Å²) in [7, 11) is -3.96. The zero-order valence-corrected chi connectivity index (χ0v) is 22.1. The smallest absolute Gasteiger partial charge is 0.243 e. The first-order valence-electron chi connectivity index (χ1n) is 10.8. The van der Waals surface area contributed by atoms with Gasteiger partial charge in [-0.2, -0.15) is 4.31 Å². The van der Waals surface area contributed by atoms with E-state index in [0.29, 0.717) is 15.6 Å². The number of nitrogens with zero attached hydrogens (tertiary/aromatic N) is 1. The molecule has 1 aliphatic rings. The maximum absolute atomic E-state index is 13.5. The van der Waals surface area contributed by atoms with Crippen LogP contribution in [0.2, 0.25) is 10.0 Å². The van der Waals surface area contributed by atoms with Crippen LogP contribution in [0.5, 0.6) is 0 Å². The lowest BCUT2D eigenvalue weighted by atomic mass is 9.88. The van der Waals surface area contributed by atoms with Crippen LogP contribution < -0.4 is 5.32 Å². The topological polar surface area (TPSA) is 66.5 Å². The highest BCUT2D eigenvalue weighted by Gasteiger charge is 2.29. The molecule has 0 unspecified atom stereocenters. The minimum atomic E-state index is -3.96. The average molecular weight is 582 g/mol. The van der Waals surface area contributed by atoms with Gasteiger partial charge in [-0.3, -0.25) is 4.79 Å². The van der Waals surface area contributed by atoms with E-state index in [9.17, 15) is 13.2 Å². The van der Waals surface area contributed by atoms with Crippen LogP contribution in [0.3, 0.4) is 0 Å². The van der Waals surface area contributed by atoms with Crippen LogP contribution in [0.4, 0.5) is 0 Å². The number of halogens is 3. The Morgan fingerprint density at radius 3 is 2.50 bits per heavy atom. The minimum absolute atomic E-state index is 0.0238. The van der Waals surface area contributed by atoms with Crippen LogP contribution in [0, 0.1) is 0 Å². The maximum Gasteiger partial charge on any atom is 0.243 e. The van der Waals surface area contributed by atoms with Gasteiger partial charge in [-0.05, 0) is 72.4 Å². The van der Waals surface area contributed by atoms with E-state index in [0.717, 1.165) is 29.3 Å². The Morgan fingerprint density at radius 1 is 1.03 bits per heavy atom. The average Bonchev–Trinajstić information content (AvgIpc) is 2.81. The van der Waals surface area contributed by atoms with E-state index in [1.165, 1.54) is 22.0 Å². The summed E-state index contributed by atoms with van der Waals surface area (Å²) in [5.41, 5.74) is 2.94. The number of hydrogen-bond acceptors (Lipinski definition) is 3. The number of fused-ring (bicyclic) bond motifs is 1. The maximum atomic E-state index is 13.5.